The van der Waals surface area contributed by atoms with Crippen LogP contribution in [0.4, 0.5) is 4.79 Å². The largest absolute Gasteiger partial charge is 0.457 e. The Kier molecular flexibility index (Phi) is 5.53. The monoisotopic (exact) mass is 351 g/mol. The summed E-state index contributed by atoms with van der Waals surface area (Å²) in [4.78, 5) is 13.9. The maximum Gasteiger partial charge on any atom is 0.317 e. The van der Waals surface area contributed by atoms with Crippen molar-refractivity contribution in [2.24, 2.45) is 0 Å². The molecule has 0 saturated carbocycles. The van der Waals surface area contributed by atoms with Crippen molar-refractivity contribution in [2.45, 2.75) is 20.0 Å². The van der Waals surface area contributed by atoms with Gasteiger partial charge in [-0.15, -0.1) is 0 Å². The number of nitrogens with one attached hydrogen (secondary N) is 1. The number of benzene rings is 2. The molecule has 2 amide bonds. The molecule has 0 spiro atoms. The van der Waals surface area contributed by atoms with Crippen LogP contribution in [0.15, 0.2) is 65.2 Å². The molecule has 1 N–H and O–H groups in total. The van der Waals surface area contributed by atoms with Crippen LogP contribution in [0.3, 0.4) is 0 Å². The lowest BCUT2D eigenvalue weighted by atomic mass is 10.2. The Morgan fingerprint density at radius 1 is 1.15 bits per heavy atom. The van der Waals surface area contributed by atoms with E-state index in [1.165, 1.54) is 0 Å². The summed E-state index contributed by atoms with van der Waals surface area (Å²) in [6.07, 6.45) is 0. The molecule has 1 heterocycles. The van der Waals surface area contributed by atoms with Gasteiger partial charge in [-0.1, -0.05) is 41.6 Å². The van der Waals surface area contributed by atoms with Gasteiger partial charge < -0.3 is 19.5 Å². The number of para-hydroxylation sites is 2. The molecule has 0 aliphatic rings. The predicted octanol–water partition coefficient (Wildman–Crippen LogP) is 4.12. The number of nitrogens with zero attached hydrogens (tertiary/aromatic N) is 2. The number of hydrogen-bond donors (Lipinski definition) is 1. The summed E-state index contributed by atoms with van der Waals surface area (Å²) in [5.41, 5.74) is 1.61. The lowest BCUT2D eigenvalue weighted by Gasteiger charge is -2.17. The summed E-state index contributed by atoms with van der Waals surface area (Å²) in [5, 5.41) is 6.80. The lowest BCUT2D eigenvalue weighted by Crippen LogP contribution is -2.36. The van der Waals surface area contributed by atoms with Crippen molar-refractivity contribution in [3.63, 3.8) is 0 Å². The Morgan fingerprint density at radius 2 is 1.88 bits per heavy atom. The first kappa shape index (κ1) is 17.5. The average Bonchev–Trinajstić information content (AvgIpc) is 3.06. The fourth-order valence-electron chi connectivity index (χ4n) is 2.48. The first-order chi connectivity index (χ1) is 12.6. The zero-order valence-corrected chi connectivity index (χ0v) is 14.8. The van der Waals surface area contributed by atoms with Crippen LogP contribution >= 0.6 is 0 Å². The fraction of sp³-hybridized carbons (Fsp3) is 0.200. The second-order valence-corrected chi connectivity index (χ2v) is 5.97. The lowest BCUT2D eigenvalue weighted by molar-refractivity contribution is 0.205. The number of rotatable bonds is 6. The van der Waals surface area contributed by atoms with Crippen molar-refractivity contribution in [2.75, 3.05) is 7.05 Å². The molecule has 0 saturated heterocycles. The smallest absolute Gasteiger partial charge is 0.317 e. The van der Waals surface area contributed by atoms with E-state index in [1.54, 1.807) is 11.9 Å². The topological polar surface area (TPSA) is 67.6 Å². The number of aryl methyl sites for hydroxylation is 1. The minimum Gasteiger partial charge on any atom is -0.457 e. The molecule has 0 bridgehead atoms. The van der Waals surface area contributed by atoms with Crippen molar-refractivity contribution < 1.29 is 14.1 Å². The van der Waals surface area contributed by atoms with E-state index >= 15 is 0 Å². The molecule has 134 valence electrons. The van der Waals surface area contributed by atoms with E-state index in [9.17, 15) is 4.79 Å². The number of carbonyl (C=O) groups is 1. The van der Waals surface area contributed by atoms with Gasteiger partial charge in [0.25, 0.3) is 0 Å². The molecule has 26 heavy (non-hydrogen) atoms. The summed E-state index contributed by atoms with van der Waals surface area (Å²) in [7, 11) is 1.71. The Bertz CT molecular complexity index is 862. The summed E-state index contributed by atoms with van der Waals surface area (Å²) in [5.74, 6) is 2.19. The summed E-state index contributed by atoms with van der Waals surface area (Å²) >= 11 is 0. The Hall–Kier alpha value is -3.28. The Balaban J connectivity index is 1.59. The van der Waals surface area contributed by atoms with Crippen LogP contribution in [0.5, 0.6) is 11.5 Å². The van der Waals surface area contributed by atoms with Crippen LogP contribution in [0.2, 0.25) is 0 Å². The van der Waals surface area contributed by atoms with Crippen molar-refractivity contribution in [1.29, 1.82) is 0 Å². The van der Waals surface area contributed by atoms with Crippen LogP contribution in [0, 0.1) is 6.92 Å². The van der Waals surface area contributed by atoms with Gasteiger partial charge in [-0.05, 0) is 25.1 Å². The highest BCUT2D eigenvalue weighted by Gasteiger charge is 2.12. The first-order valence-electron chi connectivity index (χ1n) is 8.34. The van der Waals surface area contributed by atoms with Crippen LogP contribution in [-0.2, 0) is 13.1 Å². The van der Waals surface area contributed by atoms with Crippen molar-refractivity contribution in [3.05, 3.63) is 77.7 Å². The van der Waals surface area contributed by atoms with Crippen LogP contribution < -0.4 is 10.1 Å². The van der Waals surface area contributed by atoms with E-state index in [0.717, 1.165) is 17.1 Å². The molecule has 3 rings (SSSR count). The normalized spacial score (nSPS) is 10.4. The predicted molar refractivity (Wildman–Crippen MR) is 97.9 cm³/mol. The van der Waals surface area contributed by atoms with Crippen LogP contribution in [-0.4, -0.2) is 23.1 Å². The molecule has 6 heteroatoms. The van der Waals surface area contributed by atoms with Gasteiger partial charge in [0, 0.05) is 25.2 Å². The zero-order chi connectivity index (χ0) is 18.4. The zero-order valence-electron chi connectivity index (χ0n) is 14.8. The molecular weight excluding hydrogens is 330 g/mol. The summed E-state index contributed by atoms with van der Waals surface area (Å²) < 4.78 is 10.9. The highest BCUT2D eigenvalue weighted by molar-refractivity contribution is 5.73. The minimum atomic E-state index is -0.194. The van der Waals surface area contributed by atoms with Gasteiger partial charge in [0.15, 0.2) is 0 Å². The third kappa shape index (κ3) is 4.63. The van der Waals surface area contributed by atoms with Gasteiger partial charge in [-0.25, -0.2) is 4.79 Å². The van der Waals surface area contributed by atoms with Gasteiger partial charge in [-0.3, -0.25) is 0 Å². The Labute approximate surface area is 152 Å². The van der Waals surface area contributed by atoms with E-state index < -0.39 is 0 Å². The highest BCUT2D eigenvalue weighted by atomic mass is 16.5. The van der Waals surface area contributed by atoms with E-state index in [2.05, 4.69) is 10.5 Å². The maximum atomic E-state index is 12.3. The number of aromatic nitrogens is 1. The van der Waals surface area contributed by atoms with Gasteiger partial charge >= 0.3 is 6.03 Å². The van der Waals surface area contributed by atoms with E-state index in [0.29, 0.717) is 24.5 Å². The number of ether oxygens (including phenoxy) is 1. The molecule has 0 radical (unpaired) electrons. The molecule has 0 aliphatic heterocycles. The van der Waals surface area contributed by atoms with Crippen LogP contribution in [0.25, 0.3) is 0 Å². The van der Waals surface area contributed by atoms with E-state index in [-0.39, 0.29) is 6.03 Å². The van der Waals surface area contributed by atoms with Crippen molar-refractivity contribution >= 4 is 6.03 Å². The standard InChI is InChI=1S/C20H21N3O3/c1-15-12-17(22-26-15)14-23(2)20(24)21-13-16-8-6-7-11-19(16)25-18-9-4-3-5-10-18/h3-12H,13-14H2,1-2H3,(H,21,24). The molecule has 0 unspecified atom stereocenters. The number of amides is 2. The van der Waals surface area contributed by atoms with Crippen molar-refractivity contribution in [3.8, 4) is 11.5 Å². The molecule has 0 fully saturated rings. The van der Waals surface area contributed by atoms with Gasteiger partial charge in [0.2, 0.25) is 0 Å². The fourth-order valence-corrected chi connectivity index (χ4v) is 2.48. The molecular formula is C20H21N3O3. The molecule has 6 nitrogen and oxygen atoms in total. The van der Waals surface area contributed by atoms with E-state index in [1.807, 2.05) is 67.6 Å². The molecule has 0 atom stereocenters. The van der Waals surface area contributed by atoms with E-state index in [4.69, 9.17) is 9.26 Å². The number of carbonyl (C=O) groups excluding carboxylic acids is 1. The van der Waals surface area contributed by atoms with Gasteiger partial charge in [0.05, 0.1) is 6.54 Å². The molecule has 1 aromatic heterocycles. The minimum absolute atomic E-state index is 0.194. The van der Waals surface area contributed by atoms with Gasteiger partial charge in [0.1, 0.15) is 23.0 Å². The molecule has 2 aromatic carbocycles. The number of urea groups is 1. The van der Waals surface area contributed by atoms with Crippen molar-refractivity contribution in [1.82, 2.24) is 15.4 Å². The molecule has 3 aromatic rings. The first-order valence-corrected chi connectivity index (χ1v) is 8.34. The third-order valence-electron chi connectivity index (χ3n) is 3.80. The van der Waals surface area contributed by atoms with Crippen LogP contribution in [0.1, 0.15) is 17.0 Å². The van der Waals surface area contributed by atoms with Gasteiger partial charge in [-0.2, -0.15) is 0 Å². The SMILES string of the molecule is Cc1cc(CN(C)C(=O)NCc2ccccc2Oc2ccccc2)no1. The molecule has 0 aliphatic carbocycles. The average molecular weight is 351 g/mol. The second-order valence-electron chi connectivity index (χ2n) is 5.97. The quantitative estimate of drug-likeness (QED) is 0.725. The summed E-state index contributed by atoms with van der Waals surface area (Å²) in [6.45, 7) is 2.57. The number of hydrogen-bond acceptors (Lipinski definition) is 4. The third-order valence-corrected chi connectivity index (χ3v) is 3.80. The summed E-state index contributed by atoms with van der Waals surface area (Å²) in [6, 6.07) is 18.8. The Morgan fingerprint density at radius 3 is 2.62 bits per heavy atom. The second kappa shape index (κ2) is 8.20. The maximum absolute atomic E-state index is 12.3. The highest BCUT2D eigenvalue weighted by Crippen LogP contribution is 2.24.